The number of H-pyrrole nitrogens is 2. The molecule has 0 spiro atoms. The minimum atomic E-state index is -0.561. The molecular formula is C10H11N3O3. The Morgan fingerprint density at radius 2 is 2.25 bits per heavy atom. The zero-order chi connectivity index (χ0) is 12.0. The highest BCUT2D eigenvalue weighted by atomic mass is 16.2. The zero-order valence-electron chi connectivity index (χ0n) is 8.72. The van der Waals surface area contributed by atoms with Gasteiger partial charge in [0.1, 0.15) is 5.56 Å². The summed E-state index contributed by atoms with van der Waals surface area (Å²) in [4.78, 5) is 36.7. The molecule has 0 fully saturated rings. The Balaban J connectivity index is 2.60. The van der Waals surface area contributed by atoms with Crippen LogP contribution in [0.25, 0.3) is 0 Å². The smallest absolute Gasteiger partial charge is 0.325 e. The van der Waals surface area contributed by atoms with Gasteiger partial charge in [0.05, 0.1) is 0 Å². The van der Waals surface area contributed by atoms with E-state index in [1.165, 1.54) is 13.1 Å². The van der Waals surface area contributed by atoms with Gasteiger partial charge in [-0.25, -0.2) is 4.79 Å². The average Bonchev–Trinajstić information content (AvgIpc) is 2.20. The molecule has 0 saturated carbocycles. The molecule has 1 amide bonds. The Kier molecular flexibility index (Phi) is 4.09. The molecule has 0 aliphatic heterocycles. The molecule has 1 aromatic rings. The normalized spacial score (nSPS) is 9.06. The molecule has 0 aliphatic rings. The van der Waals surface area contributed by atoms with Gasteiger partial charge in [-0.3, -0.25) is 14.6 Å². The van der Waals surface area contributed by atoms with E-state index >= 15 is 0 Å². The van der Waals surface area contributed by atoms with E-state index in [4.69, 9.17) is 0 Å². The maximum Gasteiger partial charge on any atom is 0.325 e. The molecule has 0 unspecified atom stereocenters. The van der Waals surface area contributed by atoms with Crippen LogP contribution in [0.2, 0.25) is 0 Å². The van der Waals surface area contributed by atoms with Gasteiger partial charge in [-0.15, -0.1) is 0 Å². The van der Waals surface area contributed by atoms with Gasteiger partial charge in [0.25, 0.3) is 5.56 Å². The van der Waals surface area contributed by atoms with Crippen LogP contribution in [-0.4, -0.2) is 22.4 Å². The number of carbonyl (C=O) groups excluding carboxylic acids is 1. The van der Waals surface area contributed by atoms with Crippen LogP contribution in [0, 0.1) is 11.8 Å². The van der Waals surface area contributed by atoms with Crippen LogP contribution in [0.15, 0.2) is 15.8 Å². The van der Waals surface area contributed by atoms with Crippen molar-refractivity contribution in [2.45, 2.75) is 13.3 Å². The van der Waals surface area contributed by atoms with Crippen LogP contribution < -0.4 is 16.6 Å². The predicted octanol–water partition coefficient (Wildman–Crippen LogP) is -1.06. The van der Waals surface area contributed by atoms with Gasteiger partial charge >= 0.3 is 5.69 Å². The Morgan fingerprint density at radius 1 is 1.50 bits per heavy atom. The quantitative estimate of drug-likeness (QED) is 0.439. The van der Waals surface area contributed by atoms with Crippen LogP contribution >= 0.6 is 0 Å². The van der Waals surface area contributed by atoms with E-state index < -0.39 is 11.2 Å². The molecule has 0 aromatic carbocycles. The highest BCUT2D eigenvalue weighted by Gasteiger charge is 1.94. The summed E-state index contributed by atoms with van der Waals surface area (Å²) in [5, 5.41) is 2.57. The minimum absolute atomic E-state index is 0.122. The molecule has 1 heterocycles. The maximum absolute atomic E-state index is 11.2. The SMILES string of the molecule is CC(=O)NCCC#Cc1c[nH]c(=O)[nH]c1=O. The Hall–Kier alpha value is -2.29. The van der Waals surface area contributed by atoms with Crippen LogP contribution in [0.1, 0.15) is 18.9 Å². The van der Waals surface area contributed by atoms with Crippen LogP contribution in [0.4, 0.5) is 0 Å². The molecule has 6 nitrogen and oxygen atoms in total. The standard InChI is InChI=1S/C10H11N3O3/c1-7(14)11-5-3-2-4-8-6-12-10(16)13-9(8)15/h6H,3,5H2,1H3,(H,11,14)(H2,12,13,15,16). The van der Waals surface area contributed by atoms with Gasteiger partial charge in [0, 0.05) is 26.1 Å². The lowest BCUT2D eigenvalue weighted by molar-refractivity contribution is -0.118. The number of carbonyl (C=O) groups is 1. The van der Waals surface area contributed by atoms with E-state index in [1.807, 2.05) is 0 Å². The van der Waals surface area contributed by atoms with Crippen LogP contribution in [0.5, 0.6) is 0 Å². The molecule has 6 heteroatoms. The molecule has 1 rings (SSSR count). The van der Waals surface area contributed by atoms with Crippen molar-refractivity contribution in [2.24, 2.45) is 0 Å². The third-order valence-corrected chi connectivity index (χ3v) is 1.67. The van der Waals surface area contributed by atoms with E-state index in [0.717, 1.165) is 0 Å². The summed E-state index contributed by atoms with van der Waals surface area (Å²) in [5.41, 5.74) is -0.882. The highest BCUT2D eigenvalue weighted by Crippen LogP contribution is 1.80. The lowest BCUT2D eigenvalue weighted by atomic mass is 10.3. The van der Waals surface area contributed by atoms with Crippen molar-refractivity contribution in [1.82, 2.24) is 15.3 Å². The minimum Gasteiger partial charge on any atom is -0.355 e. The largest absolute Gasteiger partial charge is 0.355 e. The molecule has 16 heavy (non-hydrogen) atoms. The summed E-state index contributed by atoms with van der Waals surface area (Å²) >= 11 is 0. The summed E-state index contributed by atoms with van der Waals surface area (Å²) < 4.78 is 0. The van der Waals surface area contributed by atoms with Crippen molar-refractivity contribution in [1.29, 1.82) is 0 Å². The Labute approximate surface area is 91.1 Å². The summed E-state index contributed by atoms with van der Waals surface area (Å²) in [6.07, 6.45) is 1.70. The van der Waals surface area contributed by atoms with E-state index in [0.29, 0.717) is 13.0 Å². The van der Waals surface area contributed by atoms with E-state index in [9.17, 15) is 14.4 Å². The first-order chi connectivity index (χ1) is 7.59. The Morgan fingerprint density at radius 3 is 2.88 bits per heavy atom. The van der Waals surface area contributed by atoms with Crippen molar-refractivity contribution in [2.75, 3.05) is 6.54 Å². The van der Waals surface area contributed by atoms with Crippen molar-refractivity contribution in [3.05, 3.63) is 32.6 Å². The molecule has 0 atom stereocenters. The molecule has 0 saturated heterocycles. The lowest BCUT2D eigenvalue weighted by Gasteiger charge is -1.94. The van der Waals surface area contributed by atoms with Crippen molar-refractivity contribution in [3.8, 4) is 11.8 Å². The second kappa shape index (κ2) is 5.56. The first-order valence-electron chi connectivity index (χ1n) is 4.65. The fourth-order valence-corrected chi connectivity index (χ4v) is 0.961. The fraction of sp³-hybridized carbons (Fsp3) is 0.300. The number of aromatic amines is 2. The summed E-state index contributed by atoms with van der Waals surface area (Å²) in [5.74, 6) is 5.19. The molecule has 1 aromatic heterocycles. The monoisotopic (exact) mass is 221 g/mol. The first kappa shape index (κ1) is 11.8. The average molecular weight is 221 g/mol. The van der Waals surface area contributed by atoms with Gasteiger partial charge < -0.3 is 10.3 Å². The van der Waals surface area contributed by atoms with Crippen molar-refractivity contribution < 1.29 is 4.79 Å². The van der Waals surface area contributed by atoms with Crippen LogP contribution in [-0.2, 0) is 4.79 Å². The van der Waals surface area contributed by atoms with Crippen LogP contribution in [0.3, 0.4) is 0 Å². The summed E-state index contributed by atoms with van der Waals surface area (Å²) in [6, 6.07) is 0. The fourth-order valence-electron chi connectivity index (χ4n) is 0.961. The first-order valence-corrected chi connectivity index (χ1v) is 4.65. The molecule has 84 valence electrons. The van der Waals surface area contributed by atoms with Gasteiger partial charge in [-0.2, -0.15) is 0 Å². The van der Waals surface area contributed by atoms with Gasteiger partial charge in [-0.05, 0) is 0 Å². The zero-order valence-corrected chi connectivity index (χ0v) is 8.72. The van der Waals surface area contributed by atoms with Crippen molar-refractivity contribution >= 4 is 5.91 Å². The second-order valence-corrected chi connectivity index (χ2v) is 3.02. The van der Waals surface area contributed by atoms with E-state index in [2.05, 4.69) is 27.1 Å². The number of rotatable bonds is 2. The van der Waals surface area contributed by atoms with Gasteiger partial charge in [0.15, 0.2) is 0 Å². The molecule has 3 N–H and O–H groups in total. The van der Waals surface area contributed by atoms with E-state index in [1.54, 1.807) is 0 Å². The number of nitrogens with one attached hydrogen (secondary N) is 3. The summed E-state index contributed by atoms with van der Waals surface area (Å²) in [7, 11) is 0. The third kappa shape index (κ3) is 3.84. The molecule has 0 bridgehead atoms. The van der Waals surface area contributed by atoms with E-state index in [-0.39, 0.29) is 11.5 Å². The highest BCUT2D eigenvalue weighted by molar-refractivity contribution is 5.72. The second-order valence-electron chi connectivity index (χ2n) is 3.02. The molecular weight excluding hydrogens is 210 g/mol. The molecule has 0 aliphatic carbocycles. The predicted molar refractivity (Wildman–Crippen MR) is 57.9 cm³/mol. The number of aromatic nitrogens is 2. The van der Waals surface area contributed by atoms with Gasteiger partial charge in [0.2, 0.25) is 5.91 Å². The lowest BCUT2D eigenvalue weighted by Crippen LogP contribution is -2.23. The van der Waals surface area contributed by atoms with Crippen molar-refractivity contribution in [3.63, 3.8) is 0 Å². The van der Waals surface area contributed by atoms with Gasteiger partial charge in [-0.1, -0.05) is 11.8 Å². The maximum atomic E-state index is 11.2. The summed E-state index contributed by atoms with van der Waals surface area (Å²) in [6.45, 7) is 1.85. The third-order valence-electron chi connectivity index (χ3n) is 1.67. The number of hydrogen-bond donors (Lipinski definition) is 3. The number of amides is 1. The number of hydrogen-bond acceptors (Lipinski definition) is 3. The molecule has 0 radical (unpaired) electrons. The topological polar surface area (TPSA) is 94.8 Å². The Bertz CT molecular complexity index is 545.